The number of imide groups is 5. The predicted molar refractivity (Wildman–Crippen MR) is 271 cm³/mol. The van der Waals surface area contributed by atoms with Crippen molar-refractivity contribution in [3.63, 3.8) is 0 Å². The van der Waals surface area contributed by atoms with Gasteiger partial charge in [-0.3, -0.25) is 75.1 Å². The van der Waals surface area contributed by atoms with Gasteiger partial charge in [-0.05, 0) is 6.92 Å². The summed E-state index contributed by atoms with van der Waals surface area (Å²) in [4.78, 5) is 120. The average Bonchev–Trinajstić information content (AvgIpc) is 4.08. The van der Waals surface area contributed by atoms with Gasteiger partial charge < -0.3 is 90.7 Å². The van der Waals surface area contributed by atoms with Crippen LogP contribution in [0.4, 0.5) is 24.0 Å². The highest BCUT2D eigenvalue weighted by Crippen LogP contribution is 2.30. The van der Waals surface area contributed by atoms with Gasteiger partial charge >= 0.3 is 30.2 Å². The summed E-state index contributed by atoms with van der Waals surface area (Å²) in [5, 5.41) is 122. The van der Waals surface area contributed by atoms with Crippen molar-refractivity contribution in [1.29, 1.82) is 0 Å². The Hall–Kier alpha value is -6.02. The number of aliphatic hydroxyl groups is 12. The van der Waals surface area contributed by atoms with Gasteiger partial charge in [0, 0.05) is 57.7 Å². The van der Waals surface area contributed by atoms with Crippen LogP contribution in [-0.4, -0.2) is 315 Å². The molecule has 20 atom stereocenters. The zero-order valence-corrected chi connectivity index (χ0v) is 46.0. The average molecular weight is 1230 g/mol. The first-order valence-corrected chi connectivity index (χ1v) is 27.1. The molecule has 0 bridgehead atoms. The van der Waals surface area contributed by atoms with Crippen LogP contribution in [0.1, 0.15) is 58.8 Å². The molecule has 10 rings (SSSR count). The van der Waals surface area contributed by atoms with E-state index in [1.807, 2.05) is 10.6 Å². The number of aliphatic hydroxyl groups excluding tert-OH is 12. The summed E-state index contributed by atoms with van der Waals surface area (Å²) < 4.78 is 26.6. The van der Waals surface area contributed by atoms with E-state index in [1.165, 1.54) is 14.7 Å². The van der Waals surface area contributed by atoms with Crippen LogP contribution in [0.2, 0.25) is 0 Å². The largest absolute Gasteiger partial charge is 0.394 e. The van der Waals surface area contributed by atoms with E-state index >= 15 is 0 Å². The molecule has 10 aliphatic rings. The van der Waals surface area contributed by atoms with Gasteiger partial charge in [0.2, 0.25) is 23.6 Å². The number of nitrogens with two attached hydrogens (primary N) is 1. The molecule has 0 aromatic rings. The lowest BCUT2D eigenvalue weighted by Crippen LogP contribution is -2.62. The number of rotatable bonds is 10. The van der Waals surface area contributed by atoms with Crippen LogP contribution in [0, 0.1) is 5.92 Å². The van der Waals surface area contributed by atoms with E-state index in [-0.39, 0.29) is 121 Å². The molecule has 0 radical (unpaired) electrons. The molecule has 15 amide bonds. The molecular weight excluding hydrogens is 1150 g/mol. The number of urea groups is 5. The van der Waals surface area contributed by atoms with E-state index in [4.69, 9.17) is 55.0 Å². The highest BCUT2D eigenvalue weighted by atomic mass is 16.6. The maximum absolute atomic E-state index is 11.7. The number of nitrogens with zero attached hydrogens (tertiary/aromatic N) is 5. The van der Waals surface area contributed by atoms with Crippen molar-refractivity contribution in [3.8, 4) is 0 Å². The molecule has 10 fully saturated rings. The van der Waals surface area contributed by atoms with Crippen molar-refractivity contribution >= 4 is 59.7 Å². The second-order valence-corrected chi connectivity index (χ2v) is 21.2. The van der Waals surface area contributed by atoms with E-state index in [0.717, 1.165) is 9.80 Å². The molecule has 19 N–H and O–H groups in total. The fourth-order valence-electron chi connectivity index (χ4n) is 10.3. The van der Waals surface area contributed by atoms with Crippen molar-refractivity contribution in [2.45, 2.75) is 175 Å². The van der Waals surface area contributed by atoms with Gasteiger partial charge in [-0.1, -0.05) is 6.92 Å². The Kier molecular flexibility index (Phi) is 24.1. The smallest absolute Gasteiger partial charge is 0.328 e. The van der Waals surface area contributed by atoms with Crippen LogP contribution in [0.5, 0.6) is 0 Å². The molecular formula is C47H75N11O27. The number of hydrogen-bond donors (Lipinski definition) is 18. The summed E-state index contributed by atoms with van der Waals surface area (Å²) in [6.07, 6.45) is -12.8. The maximum atomic E-state index is 11.7. The normalized spacial score (nSPS) is 38.4. The van der Waals surface area contributed by atoms with E-state index in [1.54, 1.807) is 13.8 Å². The second kappa shape index (κ2) is 30.1. The van der Waals surface area contributed by atoms with E-state index < -0.39 is 158 Å². The van der Waals surface area contributed by atoms with E-state index in [9.17, 15) is 83.7 Å². The Bertz CT molecular complexity index is 2200. The molecule has 10 aliphatic heterocycles. The van der Waals surface area contributed by atoms with Crippen LogP contribution in [0.15, 0.2) is 0 Å². The molecule has 0 aromatic carbocycles. The lowest BCUT2D eigenvalue weighted by atomic mass is 10.1. The van der Waals surface area contributed by atoms with Gasteiger partial charge in [0.25, 0.3) is 5.91 Å². The van der Waals surface area contributed by atoms with Gasteiger partial charge in [-0.25, -0.2) is 24.0 Å². The van der Waals surface area contributed by atoms with Crippen molar-refractivity contribution in [2.24, 2.45) is 11.7 Å². The van der Waals surface area contributed by atoms with Gasteiger partial charge in [-0.2, -0.15) is 0 Å². The Balaban J connectivity index is 0.000000170. The molecule has 0 spiro atoms. The summed E-state index contributed by atoms with van der Waals surface area (Å²) >= 11 is 0. The number of β-amino-alcohol motifs (C(OH)–C–C–N with tert-alkyl or cyclic N) is 1. The maximum Gasteiger partial charge on any atom is 0.328 e. The third-order valence-corrected chi connectivity index (χ3v) is 15.0. The molecule has 10 saturated heterocycles. The first-order chi connectivity index (χ1) is 40.1. The number of nitrogens with one attached hydrogen (secondary N) is 5. The molecule has 20 unspecified atom stereocenters. The van der Waals surface area contributed by atoms with Crippen LogP contribution in [-0.2, 0) is 47.7 Å². The zero-order valence-electron chi connectivity index (χ0n) is 46.0. The van der Waals surface area contributed by atoms with Gasteiger partial charge in [-0.15, -0.1) is 0 Å². The fourth-order valence-corrected chi connectivity index (χ4v) is 10.3. The molecule has 480 valence electrons. The highest BCUT2D eigenvalue weighted by Gasteiger charge is 2.48. The number of hydrogen-bond acceptors (Lipinski definition) is 28. The standard InChI is InChI=1S/2C10H16N2O5.C9H15N3O5.2C9H14N2O6/c1-5-3-12(10(16)11-9(5)15)8-2-6(14)7(4-13)17-8;1-5-2-8(15)11-10(16)12(5)9-3-6(14)7(4-13)17-9;10-4-2-12(9(16)11-8(4)15)7-1-5(14)6(3-13)17-7;12-3-5-4(13)1-8(17-5)11-7(15)2-6(14)10-9(11)16;12-3-6-4(13)1-7(17-6)11-2-5(14)8(15)10-9(11)16/h5-8,13-14H,2-4H2,1H3,(H,11,15,16);5-7,9,13-14H,2-4H2,1H3,(H,11,15,16);4-7,13-14H,1-3,10H2,(H,11,15,16);4-5,7-8,12-13,15H,1-3H2,(H,10,14,16);4-7,12-14H,1-3H2,(H,10,15,16). The van der Waals surface area contributed by atoms with Crippen LogP contribution < -0.4 is 32.3 Å². The van der Waals surface area contributed by atoms with Crippen LogP contribution >= 0.6 is 0 Å². The molecule has 0 aromatic heterocycles. The van der Waals surface area contributed by atoms with Crippen LogP contribution in [0.25, 0.3) is 0 Å². The summed E-state index contributed by atoms with van der Waals surface area (Å²) in [6.45, 7) is 1.96. The minimum atomic E-state index is -1.30. The number of carbonyl (C=O) groups is 10. The first-order valence-electron chi connectivity index (χ1n) is 27.1. The van der Waals surface area contributed by atoms with E-state index in [0.29, 0.717) is 0 Å². The van der Waals surface area contributed by atoms with Crippen LogP contribution in [0.3, 0.4) is 0 Å². The summed E-state index contributed by atoms with van der Waals surface area (Å²) in [5.74, 6) is -2.75. The van der Waals surface area contributed by atoms with Crippen molar-refractivity contribution in [1.82, 2.24) is 51.1 Å². The molecule has 0 saturated carbocycles. The lowest BCUT2D eigenvalue weighted by Gasteiger charge is -2.36. The SMILES string of the molecule is CC1CC(=O)NC(=O)N1C1CC(O)C(CO)O1.CC1CN(C2CC(O)C(CO)O2)C(=O)NC1=O.NC1CN(C2CC(O)C(CO)O2)C(=O)NC1=O.O=C1CC(O)N(C2CC(O)C(CO)O2)C(=O)N1.O=C1NC(=O)N(C2CC(O)C(CO)O2)CC1O. The minimum absolute atomic E-state index is 0.0419. The Morgan fingerprint density at radius 2 is 0.741 bits per heavy atom. The highest BCUT2D eigenvalue weighted by molar-refractivity contribution is 6.01. The fraction of sp³-hybridized carbons (Fsp3) is 0.787. The topological polar surface area (TPSA) is 562 Å². The van der Waals surface area contributed by atoms with Crippen molar-refractivity contribution < 1.29 is 133 Å². The number of amides is 15. The monoisotopic (exact) mass is 1230 g/mol. The number of ether oxygens (including phenoxy) is 5. The number of carbonyl (C=O) groups excluding carboxylic acids is 10. The minimum Gasteiger partial charge on any atom is -0.394 e. The van der Waals surface area contributed by atoms with Gasteiger partial charge in [0.15, 0.2) is 6.10 Å². The molecule has 85 heavy (non-hydrogen) atoms. The Morgan fingerprint density at radius 1 is 0.412 bits per heavy atom. The lowest BCUT2D eigenvalue weighted by molar-refractivity contribution is -0.141. The molecule has 10 heterocycles. The zero-order chi connectivity index (χ0) is 62.9. The van der Waals surface area contributed by atoms with E-state index in [2.05, 4.69) is 16.0 Å². The van der Waals surface area contributed by atoms with Crippen molar-refractivity contribution in [2.75, 3.05) is 52.7 Å². The quantitative estimate of drug-likeness (QED) is 0.0966. The third-order valence-electron chi connectivity index (χ3n) is 15.0. The van der Waals surface area contributed by atoms with Gasteiger partial charge in [0.1, 0.15) is 73.9 Å². The van der Waals surface area contributed by atoms with Gasteiger partial charge in [0.05, 0.1) is 82.4 Å². The summed E-state index contributed by atoms with van der Waals surface area (Å²) in [5.41, 5.74) is 5.53. The second-order valence-electron chi connectivity index (χ2n) is 21.2. The summed E-state index contributed by atoms with van der Waals surface area (Å²) in [7, 11) is 0. The first kappa shape index (κ1) is 68.1. The Labute approximate surface area is 482 Å². The Morgan fingerprint density at radius 3 is 1.13 bits per heavy atom. The molecule has 38 heteroatoms. The molecule has 38 nitrogen and oxygen atoms in total. The van der Waals surface area contributed by atoms with Crippen molar-refractivity contribution in [3.05, 3.63) is 0 Å². The predicted octanol–water partition coefficient (Wildman–Crippen LogP) is -10.2. The third kappa shape index (κ3) is 16.7. The molecule has 0 aliphatic carbocycles. The summed E-state index contributed by atoms with van der Waals surface area (Å²) in [6, 6.07) is -4.12.